The predicted molar refractivity (Wildman–Crippen MR) is 55.3 cm³/mol. The van der Waals surface area contributed by atoms with Crippen LogP contribution in [0.3, 0.4) is 0 Å². The molecule has 0 heterocycles. The quantitative estimate of drug-likeness (QED) is 0.339. The fraction of sp³-hybridized carbons (Fsp3) is 0.333. The molecule has 13 heavy (non-hydrogen) atoms. The molecule has 4 heteroatoms. The third-order valence-electron chi connectivity index (χ3n) is 0.998. The van der Waals surface area contributed by atoms with Crippen molar-refractivity contribution in [3.05, 3.63) is 37.6 Å². The van der Waals surface area contributed by atoms with E-state index in [0.717, 1.165) is 0 Å². The van der Waals surface area contributed by atoms with Crippen LogP contribution in [0.25, 0.3) is 0 Å². The van der Waals surface area contributed by atoms with Crippen molar-refractivity contribution in [2.24, 2.45) is 0 Å². The van der Waals surface area contributed by atoms with Gasteiger partial charge in [-0.2, -0.15) is 0 Å². The molecule has 0 saturated carbocycles. The molecule has 3 nitrogen and oxygen atoms in total. The normalized spacial score (nSPS) is 9.69. The van der Waals surface area contributed by atoms with E-state index in [4.69, 9.17) is 13.3 Å². The van der Waals surface area contributed by atoms with Gasteiger partial charge in [0.05, 0.1) is 19.0 Å². The molecule has 0 aliphatic heterocycles. The molecule has 0 aromatic heterocycles. The van der Waals surface area contributed by atoms with Gasteiger partial charge in [0, 0.05) is 0 Å². The molecule has 0 radical (unpaired) electrons. The maximum Gasteiger partial charge on any atom is 0.549 e. The van der Waals surface area contributed by atoms with Crippen LogP contribution >= 0.6 is 0 Å². The molecule has 0 spiro atoms. The van der Waals surface area contributed by atoms with E-state index in [9.17, 15) is 0 Å². The van der Waals surface area contributed by atoms with Gasteiger partial charge in [-0.05, 0) is 6.92 Å². The van der Waals surface area contributed by atoms with Crippen molar-refractivity contribution in [2.45, 2.75) is 6.92 Å². The van der Waals surface area contributed by atoms with Gasteiger partial charge >= 0.3 is 9.53 Å². The topological polar surface area (TPSA) is 27.7 Å². The Hall–Kier alpha value is -0.843. The smallest absolute Gasteiger partial charge is 0.508 e. The van der Waals surface area contributed by atoms with E-state index in [1.165, 1.54) is 0 Å². The van der Waals surface area contributed by atoms with Gasteiger partial charge in [-0.1, -0.05) is 18.7 Å². The first-order valence-electron chi connectivity index (χ1n) is 3.98. The van der Waals surface area contributed by atoms with Gasteiger partial charge in [0.1, 0.15) is 0 Å². The Balaban J connectivity index is 3.78. The first-order valence-corrected chi connectivity index (χ1v) is 5.39. The molecule has 0 aromatic carbocycles. The van der Waals surface area contributed by atoms with Crippen molar-refractivity contribution in [1.29, 1.82) is 0 Å². The first-order chi connectivity index (χ1) is 6.20. The molecule has 0 aliphatic rings. The van der Waals surface area contributed by atoms with Crippen LogP contribution in [0.1, 0.15) is 6.92 Å². The second kappa shape index (κ2) is 7.79. The molecule has 0 aromatic rings. The number of allylic oxidation sites excluding steroid dienone is 1. The van der Waals surface area contributed by atoms with Crippen LogP contribution in [0.15, 0.2) is 37.6 Å². The van der Waals surface area contributed by atoms with Crippen LogP contribution < -0.4 is 0 Å². The Morgan fingerprint density at radius 3 is 2.00 bits per heavy atom. The zero-order chi connectivity index (χ0) is 10.1. The summed E-state index contributed by atoms with van der Waals surface area (Å²) in [4.78, 5) is 0. The van der Waals surface area contributed by atoms with Crippen molar-refractivity contribution in [3.8, 4) is 0 Å². The highest BCUT2D eigenvalue weighted by Gasteiger charge is 2.15. The molecule has 0 aliphatic carbocycles. The van der Waals surface area contributed by atoms with Gasteiger partial charge in [-0.25, -0.2) is 0 Å². The molecule has 0 amide bonds. The summed E-state index contributed by atoms with van der Waals surface area (Å²) in [5.74, 6) is 0.602. The van der Waals surface area contributed by atoms with E-state index in [-0.39, 0.29) is 0 Å². The summed E-state index contributed by atoms with van der Waals surface area (Å²) in [5.41, 5.74) is 0. The average molecular weight is 200 g/mol. The largest absolute Gasteiger partial charge is 0.549 e. The fourth-order valence-corrected chi connectivity index (χ4v) is 1.72. The molecule has 0 fully saturated rings. The van der Waals surface area contributed by atoms with Crippen LogP contribution in [0, 0.1) is 0 Å². The summed E-state index contributed by atoms with van der Waals surface area (Å²) >= 11 is 0. The Kier molecular flexibility index (Phi) is 7.28. The molecule has 0 rings (SSSR count). The third-order valence-corrected chi connectivity index (χ3v) is 2.52. The number of hydrogen-bond donors (Lipinski definition) is 0. The van der Waals surface area contributed by atoms with Crippen molar-refractivity contribution in [3.63, 3.8) is 0 Å². The summed E-state index contributed by atoms with van der Waals surface area (Å²) in [6.07, 6.45) is 3.30. The van der Waals surface area contributed by atoms with E-state index in [0.29, 0.717) is 19.0 Å². The molecule has 0 unspecified atom stereocenters. The maximum atomic E-state index is 5.27. The van der Waals surface area contributed by atoms with Crippen LogP contribution in [0.2, 0.25) is 0 Å². The number of rotatable bonds is 8. The summed E-state index contributed by atoms with van der Waals surface area (Å²) in [7, 11) is -2.07. The lowest BCUT2D eigenvalue weighted by molar-refractivity contribution is 0.141. The minimum atomic E-state index is -2.07. The van der Waals surface area contributed by atoms with E-state index < -0.39 is 9.53 Å². The highest BCUT2D eigenvalue weighted by Crippen LogP contribution is 1.99. The van der Waals surface area contributed by atoms with Gasteiger partial charge in [0.2, 0.25) is 0 Å². The van der Waals surface area contributed by atoms with Crippen molar-refractivity contribution in [1.82, 2.24) is 0 Å². The minimum absolute atomic E-state index is 0.432. The van der Waals surface area contributed by atoms with Crippen LogP contribution in [0.4, 0.5) is 0 Å². The lowest BCUT2D eigenvalue weighted by atomic mass is 10.7. The van der Waals surface area contributed by atoms with E-state index >= 15 is 0 Å². The lowest BCUT2D eigenvalue weighted by Gasteiger charge is -2.15. The SMILES string of the molecule is C=CCO[SiH](OCC=C)OC(=C)C. The summed E-state index contributed by atoms with van der Waals surface area (Å²) in [5, 5.41) is 0. The Labute approximate surface area is 81.3 Å². The highest BCUT2D eigenvalue weighted by atomic mass is 28.3. The third kappa shape index (κ3) is 7.52. The van der Waals surface area contributed by atoms with E-state index in [1.54, 1.807) is 19.1 Å². The van der Waals surface area contributed by atoms with Crippen LogP contribution in [0.5, 0.6) is 0 Å². The average Bonchev–Trinajstić information content (AvgIpc) is 2.09. The van der Waals surface area contributed by atoms with Gasteiger partial charge in [0.15, 0.2) is 0 Å². The zero-order valence-electron chi connectivity index (χ0n) is 7.99. The predicted octanol–water partition coefficient (Wildman–Crippen LogP) is 1.66. The molecule has 0 N–H and O–H groups in total. The number of hydrogen-bond acceptors (Lipinski definition) is 3. The van der Waals surface area contributed by atoms with Crippen LogP contribution in [-0.2, 0) is 13.3 Å². The summed E-state index contributed by atoms with van der Waals surface area (Å²) < 4.78 is 15.8. The van der Waals surface area contributed by atoms with Crippen LogP contribution in [-0.4, -0.2) is 22.7 Å². The Morgan fingerprint density at radius 1 is 1.23 bits per heavy atom. The van der Waals surface area contributed by atoms with Gasteiger partial charge < -0.3 is 13.3 Å². The lowest BCUT2D eigenvalue weighted by Crippen LogP contribution is -2.26. The molecule has 0 bridgehead atoms. The first kappa shape index (κ1) is 12.2. The highest BCUT2D eigenvalue weighted by molar-refractivity contribution is 6.36. The molecule has 74 valence electrons. The molecular formula is C9H16O3Si. The van der Waals surface area contributed by atoms with Crippen molar-refractivity contribution >= 4 is 9.53 Å². The van der Waals surface area contributed by atoms with Gasteiger partial charge in [-0.3, -0.25) is 0 Å². The van der Waals surface area contributed by atoms with E-state index in [1.807, 2.05) is 0 Å². The molecular weight excluding hydrogens is 184 g/mol. The monoisotopic (exact) mass is 200 g/mol. The second-order valence-electron chi connectivity index (χ2n) is 2.35. The Morgan fingerprint density at radius 2 is 1.69 bits per heavy atom. The standard InChI is InChI=1S/C9H16O3Si/c1-5-7-10-13(11-8-6-2)12-9(3)4/h5-6,13H,1-3,7-8H2,4H3. The minimum Gasteiger partial charge on any atom is -0.508 e. The van der Waals surface area contributed by atoms with E-state index in [2.05, 4.69) is 19.7 Å². The molecule has 0 saturated heterocycles. The van der Waals surface area contributed by atoms with Crippen molar-refractivity contribution in [2.75, 3.05) is 13.2 Å². The maximum absolute atomic E-state index is 5.27. The van der Waals surface area contributed by atoms with Gasteiger partial charge in [0.25, 0.3) is 0 Å². The van der Waals surface area contributed by atoms with Gasteiger partial charge in [-0.15, -0.1) is 13.2 Å². The molecule has 0 atom stereocenters. The second-order valence-corrected chi connectivity index (χ2v) is 3.83. The summed E-state index contributed by atoms with van der Waals surface area (Å²) in [6, 6.07) is 0. The zero-order valence-corrected chi connectivity index (χ0v) is 9.15. The Bertz CT molecular complexity index is 168. The fourth-order valence-electron chi connectivity index (χ4n) is 0.574. The summed E-state index contributed by atoms with van der Waals surface area (Å²) in [6.45, 7) is 13.3. The van der Waals surface area contributed by atoms with Crippen molar-refractivity contribution < 1.29 is 13.3 Å².